The molecular weight excluding hydrogens is 374 g/mol. The van der Waals surface area contributed by atoms with Gasteiger partial charge in [0.25, 0.3) is 0 Å². The van der Waals surface area contributed by atoms with E-state index in [2.05, 4.69) is 10.2 Å². The number of likely N-dealkylation sites (tertiary alicyclic amines) is 1. The van der Waals surface area contributed by atoms with E-state index >= 15 is 0 Å². The van der Waals surface area contributed by atoms with Gasteiger partial charge in [-0.25, -0.2) is 4.79 Å². The van der Waals surface area contributed by atoms with Gasteiger partial charge in [-0.2, -0.15) is 0 Å². The normalized spacial score (nSPS) is 19.0. The molecule has 3 amide bonds. The molecule has 29 heavy (non-hydrogen) atoms. The number of hydrogen-bond acceptors (Lipinski definition) is 6. The fourth-order valence-corrected chi connectivity index (χ4v) is 3.54. The van der Waals surface area contributed by atoms with Crippen LogP contribution in [-0.4, -0.2) is 77.9 Å². The van der Waals surface area contributed by atoms with Crippen LogP contribution in [0.5, 0.6) is 11.8 Å². The Morgan fingerprint density at radius 1 is 1.07 bits per heavy atom. The van der Waals surface area contributed by atoms with Crippen LogP contribution in [0.1, 0.15) is 6.42 Å². The number of para-hydroxylation sites is 1. The third-order valence-electron chi connectivity index (χ3n) is 5.10. The van der Waals surface area contributed by atoms with Crippen LogP contribution < -0.4 is 14.4 Å². The van der Waals surface area contributed by atoms with E-state index in [9.17, 15) is 9.59 Å². The second-order valence-electron chi connectivity index (χ2n) is 6.97. The molecule has 1 unspecified atom stereocenters. The average Bonchev–Trinajstić information content (AvgIpc) is 3.36. The molecule has 2 aliphatic heterocycles. The summed E-state index contributed by atoms with van der Waals surface area (Å²) in [6.07, 6.45) is 0.570. The third-order valence-corrected chi connectivity index (χ3v) is 5.10. The summed E-state index contributed by atoms with van der Waals surface area (Å²) in [5.41, 5.74) is 0.850. The van der Waals surface area contributed by atoms with Crippen molar-refractivity contribution in [2.75, 3.05) is 44.7 Å². The summed E-state index contributed by atoms with van der Waals surface area (Å²) in [6, 6.07) is 12.7. The van der Waals surface area contributed by atoms with E-state index < -0.39 is 0 Å². The van der Waals surface area contributed by atoms with Crippen molar-refractivity contribution in [3.8, 4) is 11.8 Å². The molecule has 0 aliphatic carbocycles. The topological polar surface area (TPSA) is 88.1 Å². The number of carbonyl (C=O) groups excluding carboxylic acids is 2. The number of nitrogens with zero attached hydrogens (tertiary/aromatic N) is 5. The molecule has 2 aromatic rings. The van der Waals surface area contributed by atoms with Gasteiger partial charge in [0, 0.05) is 43.9 Å². The maximum atomic E-state index is 12.7. The van der Waals surface area contributed by atoms with E-state index in [1.807, 2.05) is 30.3 Å². The quantitative estimate of drug-likeness (QED) is 0.732. The summed E-state index contributed by atoms with van der Waals surface area (Å²) >= 11 is 0. The number of benzene rings is 1. The molecule has 2 fully saturated rings. The SMILES string of the molecule is COc1ccc(OC2CCN(C(=O)CN3CCN(c4ccccc4)C3=O)C2)nn1. The molecule has 2 saturated heterocycles. The fraction of sp³-hybridized carbons (Fsp3) is 0.400. The van der Waals surface area contributed by atoms with Crippen LogP contribution >= 0.6 is 0 Å². The minimum atomic E-state index is -0.142. The van der Waals surface area contributed by atoms with Gasteiger partial charge in [-0.15, -0.1) is 10.2 Å². The summed E-state index contributed by atoms with van der Waals surface area (Å²) in [4.78, 5) is 30.4. The van der Waals surface area contributed by atoms with Crippen LogP contribution in [0.4, 0.5) is 10.5 Å². The van der Waals surface area contributed by atoms with Crippen molar-refractivity contribution >= 4 is 17.6 Å². The highest BCUT2D eigenvalue weighted by Gasteiger charge is 2.34. The molecule has 2 aliphatic rings. The number of rotatable bonds is 6. The molecule has 0 radical (unpaired) electrons. The Bertz CT molecular complexity index is 861. The van der Waals surface area contributed by atoms with Gasteiger partial charge in [0.2, 0.25) is 17.7 Å². The molecule has 0 N–H and O–H groups in total. The molecule has 1 aromatic carbocycles. The Hall–Kier alpha value is -3.36. The van der Waals surface area contributed by atoms with Crippen LogP contribution in [0.2, 0.25) is 0 Å². The average molecular weight is 397 g/mol. The lowest BCUT2D eigenvalue weighted by Gasteiger charge is -2.22. The molecule has 0 spiro atoms. The number of ether oxygens (including phenoxy) is 2. The van der Waals surface area contributed by atoms with Gasteiger partial charge in [0.15, 0.2) is 0 Å². The van der Waals surface area contributed by atoms with E-state index in [1.165, 1.54) is 7.11 Å². The zero-order valence-electron chi connectivity index (χ0n) is 16.2. The Kier molecular flexibility index (Phi) is 5.46. The highest BCUT2D eigenvalue weighted by Crippen LogP contribution is 2.21. The summed E-state index contributed by atoms with van der Waals surface area (Å²) in [5.74, 6) is 0.749. The van der Waals surface area contributed by atoms with E-state index in [0.29, 0.717) is 44.4 Å². The van der Waals surface area contributed by atoms with Crippen molar-refractivity contribution < 1.29 is 19.1 Å². The molecule has 3 heterocycles. The van der Waals surface area contributed by atoms with Gasteiger partial charge in [0.05, 0.1) is 13.7 Å². The maximum Gasteiger partial charge on any atom is 0.325 e. The van der Waals surface area contributed by atoms with E-state index in [1.54, 1.807) is 26.8 Å². The molecule has 1 atom stereocenters. The van der Waals surface area contributed by atoms with Crippen molar-refractivity contribution in [3.05, 3.63) is 42.5 Å². The number of aromatic nitrogens is 2. The molecular formula is C20H23N5O4. The van der Waals surface area contributed by atoms with Crippen LogP contribution in [0, 0.1) is 0 Å². The number of anilines is 1. The lowest BCUT2D eigenvalue weighted by atomic mass is 10.3. The van der Waals surface area contributed by atoms with Crippen molar-refractivity contribution in [2.24, 2.45) is 0 Å². The number of methoxy groups -OCH3 is 1. The maximum absolute atomic E-state index is 12.7. The van der Waals surface area contributed by atoms with Gasteiger partial charge >= 0.3 is 6.03 Å². The van der Waals surface area contributed by atoms with Crippen molar-refractivity contribution in [1.29, 1.82) is 0 Å². The molecule has 1 aromatic heterocycles. The summed E-state index contributed by atoms with van der Waals surface area (Å²) < 4.78 is 10.8. The van der Waals surface area contributed by atoms with Crippen molar-refractivity contribution in [3.63, 3.8) is 0 Å². The zero-order chi connectivity index (χ0) is 20.2. The standard InChI is InChI=1S/C20H23N5O4/c1-28-17-7-8-18(22-21-17)29-16-9-10-23(13-16)19(26)14-24-11-12-25(20(24)27)15-5-3-2-4-6-15/h2-8,16H,9-14H2,1H3. The van der Waals surface area contributed by atoms with E-state index in [4.69, 9.17) is 9.47 Å². The number of urea groups is 1. The number of hydrogen-bond donors (Lipinski definition) is 0. The van der Waals surface area contributed by atoms with Crippen molar-refractivity contribution in [1.82, 2.24) is 20.0 Å². The predicted octanol–water partition coefficient (Wildman–Crippen LogP) is 1.41. The van der Waals surface area contributed by atoms with Gasteiger partial charge < -0.3 is 19.3 Å². The first kappa shape index (κ1) is 19.0. The second-order valence-corrected chi connectivity index (χ2v) is 6.97. The summed E-state index contributed by atoms with van der Waals surface area (Å²) in [5, 5.41) is 7.83. The van der Waals surface area contributed by atoms with E-state index in [-0.39, 0.29) is 24.6 Å². The monoisotopic (exact) mass is 397 g/mol. The minimum absolute atomic E-state index is 0.0693. The van der Waals surface area contributed by atoms with Gasteiger partial charge in [-0.05, 0) is 12.1 Å². The highest BCUT2D eigenvalue weighted by molar-refractivity contribution is 5.96. The summed E-state index contributed by atoms with van der Waals surface area (Å²) in [7, 11) is 1.52. The van der Waals surface area contributed by atoms with Gasteiger partial charge in [-0.1, -0.05) is 18.2 Å². The second kappa shape index (κ2) is 8.34. The van der Waals surface area contributed by atoms with Crippen molar-refractivity contribution in [2.45, 2.75) is 12.5 Å². The largest absolute Gasteiger partial charge is 0.480 e. The number of amides is 3. The third kappa shape index (κ3) is 4.23. The van der Waals surface area contributed by atoms with E-state index in [0.717, 1.165) is 5.69 Å². The molecule has 0 bridgehead atoms. The molecule has 9 nitrogen and oxygen atoms in total. The van der Waals surface area contributed by atoms with Crippen LogP contribution in [0.25, 0.3) is 0 Å². The minimum Gasteiger partial charge on any atom is -0.480 e. The zero-order valence-corrected chi connectivity index (χ0v) is 16.2. The Labute approximate surface area is 168 Å². The molecule has 0 saturated carbocycles. The first-order chi connectivity index (χ1) is 14.1. The lowest BCUT2D eigenvalue weighted by Crippen LogP contribution is -2.42. The first-order valence-corrected chi connectivity index (χ1v) is 9.57. The first-order valence-electron chi connectivity index (χ1n) is 9.57. The Balaban J connectivity index is 1.29. The van der Waals surface area contributed by atoms with Crippen LogP contribution in [0.15, 0.2) is 42.5 Å². The molecule has 4 rings (SSSR count). The fourth-order valence-electron chi connectivity index (χ4n) is 3.54. The lowest BCUT2D eigenvalue weighted by molar-refractivity contribution is -0.130. The Morgan fingerprint density at radius 2 is 1.83 bits per heavy atom. The number of carbonyl (C=O) groups is 2. The smallest absolute Gasteiger partial charge is 0.325 e. The van der Waals surface area contributed by atoms with Gasteiger partial charge in [-0.3, -0.25) is 9.69 Å². The molecule has 152 valence electrons. The molecule has 9 heteroatoms. The Morgan fingerprint density at radius 3 is 2.55 bits per heavy atom. The van der Waals surface area contributed by atoms with Crippen LogP contribution in [0.3, 0.4) is 0 Å². The summed E-state index contributed by atoms with van der Waals surface area (Å²) in [6.45, 7) is 2.26. The van der Waals surface area contributed by atoms with Gasteiger partial charge in [0.1, 0.15) is 12.6 Å². The van der Waals surface area contributed by atoms with Crippen LogP contribution in [-0.2, 0) is 4.79 Å². The highest BCUT2D eigenvalue weighted by atomic mass is 16.5. The predicted molar refractivity (Wildman–Crippen MR) is 105 cm³/mol.